The van der Waals surface area contributed by atoms with Gasteiger partial charge in [-0.2, -0.15) is 0 Å². The standard InChI is InChI=1S/C14H22N2O3/c1-9-13(10(2)19-15-9)7-16(4)14(17)11(3)18-8-12-5-6-12/h11-12H,5-8H2,1-4H3/t11-/m0/s1. The Labute approximate surface area is 113 Å². The SMILES string of the molecule is Cc1noc(C)c1CN(C)C(=O)[C@H](C)OCC1CC1. The molecule has 0 aromatic carbocycles. The van der Waals surface area contributed by atoms with Crippen LogP contribution in [0, 0.1) is 19.8 Å². The normalized spacial score (nSPS) is 16.4. The number of nitrogens with zero attached hydrogens (tertiary/aromatic N) is 2. The van der Waals surface area contributed by atoms with Gasteiger partial charge in [-0.25, -0.2) is 0 Å². The zero-order valence-electron chi connectivity index (χ0n) is 12.1. The molecule has 1 aromatic heterocycles. The highest BCUT2D eigenvalue weighted by atomic mass is 16.5. The summed E-state index contributed by atoms with van der Waals surface area (Å²) < 4.78 is 10.7. The molecule has 1 saturated carbocycles. The molecule has 0 spiro atoms. The van der Waals surface area contributed by atoms with Crippen molar-refractivity contribution in [1.82, 2.24) is 10.1 Å². The number of likely N-dealkylation sites (N-methyl/N-ethyl adjacent to an activating group) is 1. The van der Waals surface area contributed by atoms with Crippen molar-refractivity contribution < 1.29 is 14.1 Å². The molecular weight excluding hydrogens is 244 g/mol. The van der Waals surface area contributed by atoms with Crippen LogP contribution in [0.15, 0.2) is 4.52 Å². The maximum atomic E-state index is 12.2. The Morgan fingerprint density at radius 1 is 1.53 bits per heavy atom. The first-order chi connectivity index (χ1) is 8.99. The van der Waals surface area contributed by atoms with Gasteiger partial charge in [0.15, 0.2) is 0 Å². The van der Waals surface area contributed by atoms with Crippen LogP contribution in [-0.4, -0.2) is 35.7 Å². The second kappa shape index (κ2) is 5.74. The lowest BCUT2D eigenvalue weighted by atomic mass is 10.2. The Morgan fingerprint density at radius 2 is 2.21 bits per heavy atom. The Bertz CT molecular complexity index is 432. The summed E-state index contributed by atoms with van der Waals surface area (Å²) in [6.07, 6.45) is 2.08. The maximum absolute atomic E-state index is 12.2. The number of hydrogen-bond donors (Lipinski definition) is 0. The van der Waals surface area contributed by atoms with Crippen molar-refractivity contribution in [3.63, 3.8) is 0 Å². The van der Waals surface area contributed by atoms with Gasteiger partial charge in [-0.05, 0) is 39.5 Å². The second-order valence-corrected chi connectivity index (χ2v) is 5.42. The van der Waals surface area contributed by atoms with Gasteiger partial charge in [0.1, 0.15) is 11.9 Å². The monoisotopic (exact) mass is 266 g/mol. The van der Waals surface area contributed by atoms with Crippen molar-refractivity contribution in [2.75, 3.05) is 13.7 Å². The average Bonchev–Trinajstić information content (AvgIpc) is 3.17. The van der Waals surface area contributed by atoms with Crippen LogP contribution in [0.25, 0.3) is 0 Å². The predicted octanol–water partition coefficient (Wildman–Crippen LogP) is 2.06. The minimum Gasteiger partial charge on any atom is -0.368 e. The fraction of sp³-hybridized carbons (Fsp3) is 0.714. The highest BCUT2D eigenvalue weighted by molar-refractivity contribution is 5.80. The predicted molar refractivity (Wildman–Crippen MR) is 70.6 cm³/mol. The lowest BCUT2D eigenvalue weighted by Gasteiger charge is -2.21. The fourth-order valence-corrected chi connectivity index (χ4v) is 1.99. The summed E-state index contributed by atoms with van der Waals surface area (Å²) in [4.78, 5) is 13.8. The zero-order valence-corrected chi connectivity index (χ0v) is 12.1. The lowest BCUT2D eigenvalue weighted by molar-refractivity contribution is -0.142. The first-order valence-electron chi connectivity index (χ1n) is 6.77. The van der Waals surface area contributed by atoms with Crippen LogP contribution < -0.4 is 0 Å². The summed E-state index contributed by atoms with van der Waals surface area (Å²) in [7, 11) is 1.78. The van der Waals surface area contributed by atoms with E-state index in [1.54, 1.807) is 11.9 Å². The Hall–Kier alpha value is -1.36. The number of carbonyl (C=O) groups excluding carboxylic acids is 1. The van der Waals surface area contributed by atoms with Crippen molar-refractivity contribution in [2.45, 2.75) is 46.3 Å². The highest BCUT2D eigenvalue weighted by Gasteiger charge is 2.25. The third kappa shape index (κ3) is 3.56. The van der Waals surface area contributed by atoms with Gasteiger partial charge in [0.2, 0.25) is 0 Å². The van der Waals surface area contributed by atoms with Crippen molar-refractivity contribution in [2.24, 2.45) is 5.92 Å². The average molecular weight is 266 g/mol. The molecule has 0 N–H and O–H groups in total. The van der Waals surface area contributed by atoms with Gasteiger partial charge < -0.3 is 14.2 Å². The van der Waals surface area contributed by atoms with E-state index in [1.165, 1.54) is 12.8 Å². The van der Waals surface area contributed by atoms with Crippen LogP contribution >= 0.6 is 0 Å². The van der Waals surface area contributed by atoms with Gasteiger partial charge in [-0.3, -0.25) is 4.79 Å². The van der Waals surface area contributed by atoms with Gasteiger partial charge >= 0.3 is 0 Å². The number of amides is 1. The fourth-order valence-electron chi connectivity index (χ4n) is 1.99. The van der Waals surface area contributed by atoms with Gasteiger partial charge in [-0.1, -0.05) is 5.16 Å². The van der Waals surface area contributed by atoms with Gasteiger partial charge in [0, 0.05) is 12.6 Å². The lowest BCUT2D eigenvalue weighted by Crippen LogP contribution is -2.36. The van der Waals surface area contributed by atoms with Crippen molar-refractivity contribution in [3.05, 3.63) is 17.0 Å². The minimum atomic E-state index is -0.383. The van der Waals surface area contributed by atoms with Gasteiger partial charge in [-0.15, -0.1) is 0 Å². The smallest absolute Gasteiger partial charge is 0.251 e. The Morgan fingerprint density at radius 3 is 2.74 bits per heavy atom. The first kappa shape index (κ1) is 14.1. The molecule has 1 heterocycles. The van der Waals surface area contributed by atoms with E-state index in [9.17, 15) is 4.79 Å². The summed E-state index contributed by atoms with van der Waals surface area (Å²) in [5, 5.41) is 3.90. The zero-order chi connectivity index (χ0) is 14.0. The Kier molecular flexibility index (Phi) is 4.24. The van der Waals surface area contributed by atoms with E-state index in [4.69, 9.17) is 9.26 Å². The van der Waals surface area contributed by atoms with Crippen molar-refractivity contribution in [3.8, 4) is 0 Å². The van der Waals surface area contributed by atoms with Crippen molar-refractivity contribution >= 4 is 5.91 Å². The van der Waals surface area contributed by atoms with Gasteiger partial charge in [0.05, 0.1) is 18.8 Å². The topological polar surface area (TPSA) is 55.6 Å². The van der Waals surface area contributed by atoms with E-state index in [-0.39, 0.29) is 12.0 Å². The molecule has 0 saturated heterocycles. The molecule has 2 rings (SSSR count). The third-order valence-corrected chi connectivity index (χ3v) is 3.58. The van der Waals surface area contributed by atoms with Crippen molar-refractivity contribution in [1.29, 1.82) is 0 Å². The van der Waals surface area contributed by atoms with E-state index in [2.05, 4.69) is 5.16 Å². The molecule has 0 unspecified atom stereocenters. The van der Waals surface area contributed by atoms with Crippen LogP contribution in [0.4, 0.5) is 0 Å². The van der Waals surface area contributed by atoms with E-state index in [0.29, 0.717) is 19.1 Å². The summed E-state index contributed by atoms with van der Waals surface area (Å²) in [6.45, 7) is 6.77. The highest BCUT2D eigenvalue weighted by Crippen LogP contribution is 2.29. The van der Waals surface area contributed by atoms with Gasteiger partial charge in [0.25, 0.3) is 5.91 Å². The number of hydrogen-bond acceptors (Lipinski definition) is 4. The molecule has 19 heavy (non-hydrogen) atoms. The number of rotatable bonds is 6. The molecule has 1 aliphatic rings. The van der Waals surface area contributed by atoms with E-state index in [1.807, 2.05) is 20.8 Å². The molecule has 106 valence electrons. The molecule has 1 atom stereocenters. The Balaban J connectivity index is 1.87. The molecular formula is C14H22N2O3. The van der Waals surface area contributed by atoms with E-state index >= 15 is 0 Å². The number of ether oxygens (including phenoxy) is 1. The largest absolute Gasteiger partial charge is 0.368 e. The maximum Gasteiger partial charge on any atom is 0.251 e. The van der Waals surface area contributed by atoms with Crippen LogP contribution in [-0.2, 0) is 16.1 Å². The summed E-state index contributed by atoms with van der Waals surface area (Å²) in [5.74, 6) is 1.44. The second-order valence-electron chi connectivity index (χ2n) is 5.42. The molecule has 1 fully saturated rings. The first-order valence-corrected chi connectivity index (χ1v) is 6.77. The number of aryl methyl sites for hydroxylation is 2. The minimum absolute atomic E-state index is 0.000602. The van der Waals surface area contributed by atoms with Crippen LogP contribution in [0.5, 0.6) is 0 Å². The molecule has 5 heteroatoms. The van der Waals surface area contributed by atoms with Crippen LogP contribution in [0.1, 0.15) is 36.8 Å². The molecule has 0 radical (unpaired) electrons. The number of aromatic nitrogens is 1. The molecule has 0 bridgehead atoms. The molecule has 1 aliphatic carbocycles. The summed E-state index contributed by atoms with van der Waals surface area (Å²) in [6, 6.07) is 0. The summed E-state index contributed by atoms with van der Waals surface area (Å²) in [5.41, 5.74) is 1.81. The number of carbonyl (C=O) groups is 1. The third-order valence-electron chi connectivity index (χ3n) is 3.58. The summed E-state index contributed by atoms with van der Waals surface area (Å²) >= 11 is 0. The molecule has 0 aliphatic heterocycles. The van der Waals surface area contributed by atoms with E-state index in [0.717, 1.165) is 17.0 Å². The quantitative estimate of drug-likeness (QED) is 0.791. The molecule has 1 aromatic rings. The van der Waals surface area contributed by atoms with E-state index < -0.39 is 0 Å². The molecule has 5 nitrogen and oxygen atoms in total. The molecule has 1 amide bonds. The van der Waals surface area contributed by atoms with Crippen LogP contribution in [0.2, 0.25) is 0 Å². The van der Waals surface area contributed by atoms with Crippen LogP contribution in [0.3, 0.4) is 0 Å².